The standard InChI is InChI=1S/C28H42N6O12/c1-2-45-16-15-33(21-28(42)46-23-5-3-22(4-6-23)34(43)44)24(35)17-29-7-9-30(18-25(36)37)11-13-32(20-27(40)41)14-12-31(10-8-29)19-26(38)39/h3-6H,2,7-21H2,1H3,(H,36,37)(H,38,39)(H,40,41). The Hall–Kier alpha value is -4.23. The maximum Gasteiger partial charge on any atom is 0.331 e. The number of non-ortho nitro benzene ring substituents is 1. The molecule has 0 unspecified atom stereocenters. The lowest BCUT2D eigenvalue weighted by molar-refractivity contribution is -0.384. The second-order valence-electron chi connectivity index (χ2n) is 10.5. The Bertz CT molecular complexity index is 1150. The largest absolute Gasteiger partial charge is 0.480 e. The van der Waals surface area contributed by atoms with Crippen molar-refractivity contribution in [2.45, 2.75) is 6.92 Å². The Kier molecular flexibility index (Phi) is 16.5. The van der Waals surface area contributed by atoms with Gasteiger partial charge in [0.15, 0.2) is 0 Å². The van der Waals surface area contributed by atoms with E-state index in [1.54, 1.807) is 26.5 Å². The summed E-state index contributed by atoms with van der Waals surface area (Å²) in [7, 11) is 0. The molecule has 1 aromatic carbocycles. The number of hydrogen-bond donors (Lipinski definition) is 3. The molecule has 18 nitrogen and oxygen atoms in total. The van der Waals surface area contributed by atoms with Crippen LogP contribution in [-0.4, -0.2) is 179 Å². The van der Waals surface area contributed by atoms with Crippen molar-refractivity contribution in [1.82, 2.24) is 24.5 Å². The number of nitro groups is 1. The van der Waals surface area contributed by atoms with Gasteiger partial charge in [-0.2, -0.15) is 0 Å². The summed E-state index contributed by atoms with van der Waals surface area (Å²) in [6, 6.07) is 4.91. The number of esters is 1. The first-order valence-electron chi connectivity index (χ1n) is 14.7. The lowest BCUT2D eigenvalue weighted by Gasteiger charge is -2.33. The van der Waals surface area contributed by atoms with Crippen molar-refractivity contribution in [3.8, 4) is 5.75 Å². The summed E-state index contributed by atoms with van der Waals surface area (Å²) in [5, 5.41) is 39.0. The van der Waals surface area contributed by atoms with E-state index in [0.29, 0.717) is 6.61 Å². The van der Waals surface area contributed by atoms with E-state index in [1.165, 1.54) is 29.2 Å². The van der Waals surface area contributed by atoms with E-state index in [9.17, 15) is 49.4 Å². The third-order valence-corrected chi connectivity index (χ3v) is 7.03. The molecule has 0 atom stereocenters. The molecule has 0 saturated carbocycles. The molecule has 3 N–H and O–H groups in total. The molecule has 0 aromatic heterocycles. The van der Waals surface area contributed by atoms with Crippen molar-refractivity contribution >= 4 is 35.5 Å². The highest BCUT2D eigenvalue weighted by Gasteiger charge is 2.24. The third-order valence-electron chi connectivity index (χ3n) is 7.03. The number of carboxylic acids is 3. The zero-order valence-corrected chi connectivity index (χ0v) is 25.8. The van der Waals surface area contributed by atoms with Crippen molar-refractivity contribution < 1.29 is 53.7 Å². The Morgan fingerprint density at radius 1 is 0.761 bits per heavy atom. The number of nitrogens with zero attached hydrogens (tertiary/aromatic N) is 6. The van der Waals surface area contributed by atoms with Crippen LogP contribution in [0.4, 0.5) is 5.69 Å². The molecule has 1 amide bonds. The van der Waals surface area contributed by atoms with Crippen LogP contribution in [0.3, 0.4) is 0 Å². The maximum atomic E-state index is 13.5. The molecule has 1 heterocycles. The van der Waals surface area contributed by atoms with Crippen LogP contribution in [0.2, 0.25) is 0 Å². The summed E-state index contributed by atoms with van der Waals surface area (Å²) in [5.41, 5.74) is -0.180. The average Bonchev–Trinajstić information content (AvgIpc) is 2.97. The second kappa shape index (κ2) is 20.0. The first-order chi connectivity index (χ1) is 21.9. The van der Waals surface area contributed by atoms with Crippen molar-refractivity contribution in [1.29, 1.82) is 0 Å². The normalized spacial score (nSPS) is 16.1. The molecule has 0 bridgehead atoms. The van der Waals surface area contributed by atoms with Crippen molar-refractivity contribution in [3.63, 3.8) is 0 Å². The summed E-state index contributed by atoms with van der Waals surface area (Å²) < 4.78 is 10.7. The number of amides is 1. The van der Waals surface area contributed by atoms with E-state index in [0.717, 1.165) is 0 Å². The number of nitro benzene ring substituents is 1. The minimum atomic E-state index is -1.07. The van der Waals surface area contributed by atoms with E-state index in [4.69, 9.17) is 9.47 Å². The van der Waals surface area contributed by atoms with Crippen LogP contribution in [0.25, 0.3) is 0 Å². The van der Waals surface area contributed by atoms with Crippen LogP contribution in [0, 0.1) is 10.1 Å². The van der Waals surface area contributed by atoms with Gasteiger partial charge in [-0.05, 0) is 19.1 Å². The van der Waals surface area contributed by atoms with Gasteiger partial charge in [0.05, 0.1) is 37.7 Å². The fraction of sp³-hybridized carbons (Fsp3) is 0.607. The van der Waals surface area contributed by atoms with Gasteiger partial charge < -0.3 is 29.7 Å². The van der Waals surface area contributed by atoms with Gasteiger partial charge in [0.2, 0.25) is 5.91 Å². The molecule has 18 heteroatoms. The molecule has 1 aliphatic rings. The Morgan fingerprint density at radius 2 is 1.17 bits per heavy atom. The number of aliphatic carboxylic acids is 3. The summed E-state index contributed by atoms with van der Waals surface area (Å²) in [5.74, 6) is -4.36. The maximum absolute atomic E-state index is 13.5. The molecule has 0 spiro atoms. The van der Waals surface area contributed by atoms with E-state index < -0.39 is 41.3 Å². The van der Waals surface area contributed by atoms with Crippen LogP contribution in [0.1, 0.15) is 6.92 Å². The molecule has 1 aliphatic heterocycles. The molecule has 1 saturated heterocycles. The molecular weight excluding hydrogens is 612 g/mol. The molecule has 0 radical (unpaired) electrons. The van der Waals surface area contributed by atoms with Gasteiger partial charge in [0.1, 0.15) is 12.3 Å². The number of benzene rings is 1. The summed E-state index contributed by atoms with van der Waals surface area (Å²) in [6.07, 6.45) is 0. The highest BCUT2D eigenvalue weighted by Crippen LogP contribution is 2.17. The lowest BCUT2D eigenvalue weighted by Crippen LogP contribution is -2.51. The van der Waals surface area contributed by atoms with Crippen LogP contribution in [-0.2, 0) is 28.7 Å². The monoisotopic (exact) mass is 654 g/mol. The predicted octanol–water partition coefficient (Wildman–Crippen LogP) is -1.16. The van der Waals surface area contributed by atoms with E-state index in [-0.39, 0.29) is 103 Å². The number of carboxylic acid groups (broad SMARTS) is 3. The van der Waals surface area contributed by atoms with Crippen LogP contribution < -0.4 is 4.74 Å². The smallest absolute Gasteiger partial charge is 0.331 e. The molecule has 46 heavy (non-hydrogen) atoms. The van der Waals surface area contributed by atoms with Crippen LogP contribution in [0.5, 0.6) is 5.75 Å². The number of ether oxygens (including phenoxy) is 2. The van der Waals surface area contributed by atoms with E-state index in [1.807, 2.05) is 0 Å². The Balaban J connectivity index is 2.19. The molecule has 2 rings (SSSR count). The second-order valence-corrected chi connectivity index (χ2v) is 10.5. The number of hydrogen-bond acceptors (Lipinski definition) is 13. The minimum absolute atomic E-state index is 0.0611. The fourth-order valence-corrected chi connectivity index (χ4v) is 4.64. The highest BCUT2D eigenvalue weighted by atomic mass is 16.6. The Labute approximate surface area is 265 Å². The van der Waals surface area contributed by atoms with Crippen molar-refractivity contribution in [2.24, 2.45) is 0 Å². The average molecular weight is 655 g/mol. The predicted molar refractivity (Wildman–Crippen MR) is 160 cm³/mol. The third kappa shape index (κ3) is 15.2. The molecule has 256 valence electrons. The van der Waals surface area contributed by atoms with Gasteiger partial charge in [-0.15, -0.1) is 0 Å². The molecule has 1 aromatic rings. The fourth-order valence-electron chi connectivity index (χ4n) is 4.64. The molecule has 1 fully saturated rings. The zero-order valence-electron chi connectivity index (χ0n) is 25.8. The van der Waals surface area contributed by atoms with Crippen molar-refractivity contribution in [2.75, 3.05) is 105 Å². The topological polar surface area (TPSA) is 224 Å². The van der Waals surface area contributed by atoms with Gasteiger partial charge in [0, 0.05) is 77.6 Å². The summed E-state index contributed by atoms with van der Waals surface area (Å²) >= 11 is 0. The van der Waals surface area contributed by atoms with Gasteiger partial charge >= 0.3 is 23.9 Å². The zero-order chi connectivity index (χ0) is 34.1. The van der Waals surface area contributed by atoms with Gasteiger partial charge in [-0.3, -0.25) is 48.9 Å². The van der Waals surface area contributed by atoms with Gasteiger partial charge in [-0.1, -0.05) is 0 Å². The Morgan fingerprint density at radius 3 is 1.54 bits per heavy atom. The van der Waals surface area contributed by atoms with Gasteiger partial charge in [0.25, 0.3) is 5.69 Å². The van der Waals surface area contributed by atoms with E-state index in [2.05, 4.69) is 0 Å². The van der Waals surface area contributed by atoms with Gasteiger partial charge in [-0.25, -0.2) is 4.79 Å². The summed E-state index contributed by atoms with van der Waals surface area (Å²) in [6.45, 7) is 2.69. The van der Waals surface area contributed by atoms with Crippen LogP contribution >= 0.6 is 0 Å². The minimum Gasteiger partial charge on any atom is -0.480 e. The first kappa shape index (κ1) is 38.0. The molecule has 0 aliphatic carbocycles. The lowest BCUT2D eigenvalue weighted by atomic mass is 10.3. The SMILES string of the molecule is CCOCCN(CC(=O)Oc1ccc([N+](=O)[O-])cc1)C(=O)CN1CCN(CC(=O)O)CCN(CC(=O)O)CCN(CC(=O)O)CC1. The first-order valence-corrected chi connectivity index (χ1v) is 14.7. The van der Waals surface area contributed by atoms with Crippen LogP contribution in [0.15, 0.2) is 24.3 Å². The number of carbonyl (C=O) groups excluding carboxylic acids is 2. The molecular formula is C28H42N6O12. The van der Waals surface area contributed by atoms with Crippen molar-refractivity contribution in [3.05, 3.63) is 34.4 Å². The number of rotatable bonds is 16. The summed E-state index contributed by atoms with van der Waals surface area (Å²) in [4.78, 5) is 78.9. The highest BCUT2D eigenvalue weighted by molar-refractivity contribution is 5.84. The van der Waals surface area contributed by atoms with E-state index >= 15 is 0 Å². The number of carbonyl (C=O) groups is 5. The quantitative estimate of drug-likeness (QED) is 0.0628.